The molecule has 0 bridgehead atoms. The maximum absolute atomic E-state index is 12.9. The van der Waals surface area contributed by atoms with Crippen molar-refractivity contribution in [2.24, 2.45) is 4.99 Å². The van der Waals surface area contributed by atoms with Crippen LogP contribution >= 0.6 is 11.8 Å². The van der Waals surface area contributed by atoms with Crippen molar-refractivity contribution >= 4 is 40.1 Å². The van der Waals surface area contributed by atoms with Gasteiger partial charge < -0.3 is 14.8 Å². The number of nitrogens with one attached hydrogen (secondary N) is 1. The summed E-state index contributed by atoms with van der Waals surface area (Å²) in [6, 6.07) is 14.4. The maximum Gasteiger partial charge on any atom is 0.238 e. The predicted molar refractivity (Wildman–Crippen MR) is 124 cm³/mol. The molecule has 0 saturated carbocycles. The summed E-state index contributed by atoms with van der Waals surface area (Å²) in [7, 11) is 1.58. The standard InChI is InChI=1S/C23H25N3O4S/c1-4-13-26-21(27)15-20(22(28)24-16-9-11-18(12-10-16)30-5-2)31-23(26)25-17-7-6-8-19(14-17)29-3/h4,6-12,14,20H,1,5,13,15H2,2-3H3,(H,24,28). The van der Waals surface area contributed by atoms with Crippen molar-refractivity contribution in [3.63, 3.8) is 0 Å². The second-order valence-corrected chi connectivity index (χ2v) is 7.82. The Kier molecular flexibility index (Phi) is 7.72. The van der Waals surface area contributed by atoms with Crippen LogP contribution in [0.1, 0.15) is 13.3 Å². The fraction of sp³-hybridized carbons (Fsp3) is 0.261. The molecule has 1 saturated heterocycles. The van der Waals surface area contributed by atoms with Gasteiger partial charge >= 0.3 is 0 Å². The molecule has 0 spiro atoms. The van der Waals surface area contributed by atoms with Crippen LogP contribution < -0.4 is 14.8 Å². The number of amides is 2. The minimum atomic E-state index is -0.593. The van der Waals surface area contributed by atoms with Crippen LogP contribution in [0.15, 0.2) is 66.2 Å². The van der Waals surface area contributed by atoms with Crippen molar-refractivity contribution in [1.29, 1.82) is 0 Å². The minimum Gasteiger partial charge on any atom is -0.497 e. The summed E-state index contributed by atoms with van der Waals surface area (Å²) in [4.78, 5) is 31.8. The molecule has 7 nitrogen and oxygen atoms in total. The van der Waals surface area contributed by atoms with E-state index in [9.17, 15) is 9.59 Å². The van der Waals surface area contributed by atoms with Gasteiger partial charge in [-0.1, -0.05) is 23.9 Å². The number of carbonyl (C=O) groups excluding carboxylic acids is 2. The number of benzene rings is 2. The van der Waals surface area contributed by atoms with Crippen molar-refractivity contribution in [3.05, 3.63) is 61.2 Å². The summed E-state index contributed by atoms with van der Waals surface area (Å²) < 4.78 is 10.7. The average Bonchev–Trinajstić information content (AvgIpc) is 2.77. The van der Waals surface area contributed by atoms with E-state index >= 15 is 0 Å². The van der Waals surface area contributed by atoms with Crippen LogP contribution in [0.2, 0.25) is 0 Å². The minimum absolute atomic E-state index is 0.0818. The van der Waals surface area contributed by atoms with E-state index in [1.54, 1.807) is 43.5 Å². The van der Waals surface area contributed by atoms with Crippen LogP contribution in [0, 0.1) is 0 Å². The van der Waals surface area contributed by atoms with E-state index in [1.807, 2.05) is 25.1 Å². The highest BCUT2D eigenvalue weighted by Gasteiger charge is 2.35. The maximum atomic E-state index is 12.9. The summed E-state index contributed by atoms with van der Waals surface area (Å²) in [5.41, 5.74) is 1.28. The summed E-state index contributed by atoms with van der Waals surface area (Å²) in [5, 5.41) is 2.73. The first-order chi connectivity index (χ1) is 15.0. The lowest BCUT2D eigenvalue weighted by molar-refractivity contribution is -0.129. The van der Waals surface area contributed by atoms with Crippen LogP contribution in [0.25, 0.3) is 0 Å². The van der Waals surface area contributed by atoms with Crippen LogP contribution in [-0.4, -0.2) is 47.4 Å². The lowest BCUT2D eigenvalue weighted by Gasteiger charge is -2.31. The number of anilines is 1. The van der Waals surface area contributed by atoms with Gasteiger partial charge in [-0.15, -0.1) is 6.58 Å². The van der Waals surface area contributed by atoms with Crippen LogP contribution in [0.5, 0.6) is 11.5 Å². The Bertz CT molecular complexity index is 975. The number of methoxy groups -OCH3 is 1. The Morgan fingerprint density at radius 1 is 1.29 bits per heavy atom. The van der Waals surface area contributed by atoms with Gasteiger partial charge in [0.1, 0.15) is 16.7 Å². The fourth-order valence-electron chi connectivity index (χ4n) is 2.96. The van der Waals surface area contributed by atoms with Crippen LogP contribution in [-0.2, 0) is 9.59 Å². The number of ether oxygens (including phenoxy) is 2. The lowest BCUT2D eigenvalue weighted by Crippen LogP contribution is -2.45. The second-order valence-electron chi connectivity index (χ2n) is 6.65. The van der Waals surface area contributed by atoms with Crippen molar-refractivity contribution in [2.75, 3.05) is 25.6 Å². The molecule has 2 amide bonds. The number of thioether (sulfide) groups is 1. The third-order valence-corrected chi connectivity index (χ3v) is 5.64. The predicted octanol–water partition coefficient (Wildman–Crippen LogP) is 4.24. The Morgan fingerprint density at radius 3 is 2.74 bits per heavy atom. The van der Waals surface area contributed by atoms with Gasteiger partial charge in [-0.25, -0.2) is 4.99 Å². The monoisotopic (exact) mass is 439 g/mol. The molecular formula is C23H25N3O4S. The van der Waals surface area contributed by atoms with E-state index in [2.05, 4.69) is 16.9 Å². The molecule has 0 radical (unpaired) electrons. The molecule has 0 aliphatic carbocycles. The van der Waals surface area contributed by atoms with E-state index in [0.717, 1.165) is 5.75 Å². The van der Waals surface area contributed by atoms with Crippen molar-refractivity contribution < 1.29 is 19.1 Å². The molecule has 1 heterocycles. The molecular weight excluding hydrogens is 414 g/mol. The van der Waals surface area contributed by atoms with E-state index < -0.39 is 5.25 Å². The van der Waals surface area contributed by atoms with E-state index in [4.69, 9.17) is 9.47 Å². The Labute approximate surface area is 186 Å². The van der Waals surface area contributed by atoms with Crippen molar-refractivity contribution in [1.82, 2.24) is 4.90 Å². The summed E-state index contributed by atoms with van der Waals surface area (Å²) >= 11 is 1.26. The molecule has 31 heavy (non-hydrogen) atoms. The number of amidine groups is 1. The van der Waals surface area contributed by atoms with Gasteiger partial charge in [0, 0.05) is 24.7 Å². The van der Waals surface area contributed by atoms with E-state index in [1.165, 1.54) is 16.7 Å². The van der Waals surface area contributed by atoms with Gasteiger partial charge in [-0.2, -0.15) is 0 Å². The number of aliphatic imine (C=N–C) groups is 1. The second kappa shape index (κ2) is 10.7. The molecule has 1 fully saturated rings. The van der Waals surface area contributed by atoms with Gasteiger partial charge in [0.15, 0.2) is 5.17 Å². The molecule has 2 aromatic rings. The average molecular weight is 440 g/mol. The number of hydrogen-bond donors (Lipinski definition) is 1. The quantitative estimate of drug-likeness (QED) is 0.623. The normalized spacial score (nSPS) is 17.4. The van der Waals surface area contributed by atoms with Gasteiger partial charge in [0.2, 0.25) is 11.8 Å². The van der Waals surface area contributed by atoms with Crippen LogP contribution in [0.4, 0.5) is 11.4 Å². The molecule has 1 aliphatic rings. The molecule has 1 unspecified atom stereocenters. The summed E-state index contributed by atoms with van der Waals surface area (Å²) in [6.45, 7) is 6.52. The number of carbonyl (C=O) groups is 2. The highest BCUT2D eigenvalue weighted by Crippen LogP contribution is 2.31. The zero-order valence-electron chi connectivity index (χ0n) is 17.5. The number of nitrogens with zero attached hydrogens (tertiary/aromatic N) is 2. The first-order valence-electron chi connectivity index (χ1n) is 9.88. The van der Waals surface area contributed by atoms with Crippen molar-refractivity contribution in [3.8, 4) is 11.5 Å². The SMILES string of the molecule is C=CCN1C(=O)CC(C(=O)Nc2ccc(OCC)cc2)SC1=Nc1cccc(OC)c1. The molecule has 1 atom stereocenters. The highest BCUT2D eigenvalue weighted by molar-refractivity contribution is 8.15. The summed E-state index contributed by atoms with van der Waals surface area (Å²) in [6.07, 6.45) is 1.72. The lowest BCUT2D eigenvalue weighted by atomic mass is 10.2. The first-order valence-corrected chi connectivity index (χ1v) is 10.8. The summed E-state index contributed by atoms with van der Waals surface area (Å²) in [5.74, 6) is 0.968. The smallest absolute Gasteiger partial charge is 0.238 e. The highest BCUT2D eigenvalue weighted by atomic mass is 32.2. The number of rotatable bonds is 8. The number of hydrogen-bond acceptors (Lipinski definition) is 6. The molecule has 1 aliphatic heterocycles. The molecule has 2 aromatic carbocycles. The third kappa shape index (κ3) is 5.88. The van der Waals surface area contributed by atoms with E-state index in [-0.39, 0.29) is 18.2 Å². The molecule has 0 aromatic heterocycles. The first kappa shape index (κ1) is 22.4. The van der Waals surface area contributed by atoms with Crippen LogP contribution in [0.3, 0.4) is 0 Å². The molecule has 162 valence electrons. The molecule has 8 heteroatoms. The topological polar surface area (TPSA) is 80.2 Å². The van der Waals surface area contributed by atoms with E-state index in [0.29, 0.717) is 35.4 Å². The van der Waals surface area contributed by atoms with Gasteiger partial charge in [0.25, 0.3) is 0 Å². The molecule has 3 rings (SSSR count). The molecule has 1 N–H and O–H groups in total. The Hall–Kier alpha value is -3.26. The Morgan fingerprint density at radius 2 is 2.06 bits per heavy atom. The fourth-order valence-corrected chi connectivity index (χ4v) is 4.07. The van der Waals surface area contributed by atoms with Gasteiger partial charge in [0.05, 0.1) is 19.4 Å². The third-order valence-electron chi connectivity index (χ3n) is 4.45. The zero-order valence-corrected chi connectivity index (χ0v) is 18.4. The largest absolute Gasteiger partial charge is 0.497 e. The Balaban J connectivity index is 1.78. The van der Waals surface area contributed by atoms with Crippen molar-refractivity contribution in [2.45, 2.75) is 18.6 Å². The van der Waals surface area contributed by atoms with Gasteiger partial charge in [-0.05, 0) is 43.3 Å². The zero-order chi connectivity index (χ0) is 22.2. The van der Waals surface area contributed by atoms with Gasteiger partial charge in [-0.3, -0.25) is 14.5 Å².